The summed E-state index contributed by atoms with van der Waals surface area (Å²) in [7, 11) is 0. The zero-order chi connectivity index (χ0) is 19.2. The summed E-state index contributed by atoms with van der Waals surface area (Å²) in [5.74, 6) is -0.540. The Labute approximate surface area is 158 Å². The van der Waals surface area contributed by atoms with Crippen LogP contribution in [-0.4, -0.2) is 17.0 Å². The minimum atomic E-state index is -0.822. The van der Waals surface area contributed by atoms with Crippen LogP contribution < -0.4 is 16.7 Å². The Morgan fingerprint density at radius 3 is 2.78 bits per heavy atom. The van der Waals surface area contributed by atoms with Crippen molar-refractivity contribution in [3.05, 3.63) is 63.7 Å². The van der Waals surface area contributed by atoms with Crippen LogP contribution in [0.1, 0.15) is 30.3 Å². The smallest absolute Gasteiger partial charge is 0.408 e. The van der Waals surface area contributed by atoms with E-state index in [4.69, 9.17) is 14.9 Å². The van der Waals surface area contributed by atoms with E-state index < -0.39 is 23.7 Å². The molecule has 0 aliphatic heterocycles. The van der Waals surface area contributed by atoms with E-state index in [1.54, 1.807) is 11.4 Å². The highest BCUT2D eigenvalue weighted by Gasteiger charge is 2.22. The van der Waals surface area contributed by atoms with Crippen molar-refractivity contribution < 1.29 is 18.7 Å². The van der Waals surface area contributed by atoms with Crippen LogP contribution in [-0.2, 0) is 16.1 Å². The Balaban J connectivity index is 1.74. The molecular weight excluding hydrogens is 370 g/mol. The maximum atomic E-state index is 12.1. The number of rotatable bonds is 7. The molecule has 9 heteroatoms. The van der Waals surface area contributed by atoms with Crippen LogP contribution in [0, 0.1) is 0 Å². The minimum absolute atomic E-state index is 0.00353. The van der Waals surface area contributed by atoms with Gasteiger partial charge in [0.15, 0.2) is 0 Å². The lowest BCUT2D eigenvalue weighted by atomic mass is 10.1. The lowest BCUT2D eigenvalue weighted by Crippen LogP contribution is -2.31. The summed E-state index contributed by atoms with van der Waals surface area (Å²) in [5.41, 5.74) is 5.94. The van der Waals surface area contributed by atoms with E-state index in [2.05, 4.69) is 10.3 Å². The Bertz CT molecular complexity index is 999. The molecule has 3 rings (SSSR count). The fourth-order valence-electron chi connectivity index (χ4n) is 2.43. The second-order valence-corrected chi connectivity index (χ2v) is 6.65. The topological polar surface area (TPSA) is 125 Å². The molecule has 2 amide bonds. The van der Waals surface area contributed by atoms with Crippen molar-refractivity contribution in [1.29, 1.82) is 0 Å². The fourth-order valence-corrected chi connectivity index (χ4v) is 3.13. The number of aromatic nitrogens is 1. The fraction of sp³-hybridized carbons (Fsp3) is 0.222. The molecule has 0 aliphatic carbocycles. The van der Waals surface area contributed by atoms with E-state index in [9.17, 15) is 14.4 Å². The summed E-state index contributed by atoms with van der Waals surface area (Å²) in [6.07, 6.45) is -0.610. The number of alkyl carbamates (subject to hydrolysis) is 1. The molecule has 140 valence electrons. The number of primary amides is 1. The van der Waals surface area contributed by atoms with E-state index in [-0.39, 0.29) is 25.3 Å². The third-order valence-corrected chi connectivity index (χ3v) is 4.62. The maximum absolute atomic E-state index is 12.1. The molecule has 0 unspecified atom stereocenters. The first-order valence-electron chi connectivity index (χ1n) is 8.16. The molecule has 27 heavy (non-hydrogen) atoms. The Hall–Kier alpha value is -3.20. The SMILES string of the molecule is NC(=O)CC[C@H](NC(=O)OCc1ccccc1)c1nc2ccsc2c(=O)o1. The van der Waals surface area contributed by atoms with Gasteiger partial charge in [-0.25, -0.2) is 14.6 Å². The van der Waals surface area contributed by atoms with E-state index in [1.807, 2.05) is 30.3 Å². The average Bonchev–Trinajstić information content (AvgIpc) is 3.13. The number of hydrogen-bond donors (Lipinski definition) is 2. The van der Waals surface area contributed by atoms with E-state index >= 15 is 0 Å². The molecule has 0 aliphatic rings. The van der Waals surface area contributed by atoms with Crippen molar-refractivity contribution in [3.63, 3.8) is 0 Å². The number of ether oxygens (including phenoxy) is 1. The van der Waals surface area contributed by atoms with Crippen molar-refractivity contribution in [2.75, 3.05) is 0 Å². The molecule has 0 saturated carbocycles. The van der Waals surface area contributed by atoms with Gasteiger partial charge in [0.1, 0.15) is 17.3 Å². The second-order valence-electron chi connectivity index (χ2n) is 5.74. The molecule has 1 atom stereocenters. The number of carbonyl (C=O) groups is 2. The Kier molecular flexibility index (Phi) is 5.82. The quantitative estimate of drug-likeness (QED) is 0.642. The van der Waals surface area contributed by atoms with Crippen molar-refractivity contribution in [2.24, 2.45) is 5.73 Å². The predicted octanol–water partition coefficient (Wildman–Crippen LogP) is 2.48. The van der Waals surface area contributed by atoms with Crippen molar-refractivity contribution >= 4 is 33.6 Å². The second kappa shape index (κ2) is 8.45. The van der Waals surface area contributed by atoms with Crippen LogP contribution >= 0.6 is 11.3 Å². The highest BCUT2D eigenvalue weighted by atomic mass is 32.1. The number of benzene rings is 1. The van der Waals surface area contributed by atoms with Crippen molar-refractivity contribution in [1.82, 2.24) is 10.3 Å². The van der Waals surface area contributed by atoms with E-state index in [0.29, 0.717) is 10.2 Å². The highest BCUT2D eigenvalue weighted by Crippen LogP contribution is 2.21. The molecule has 2 heterocycles. The van der Waals surface area contributed by atoms with Crippen LogP contribution in [0.3, 0.4) is 0 Å². The van der Waals surface area contributed by atoms with Gasteiger partial charge in [-0.2, -0.15) is 0 Å². The van der Waals surface area contributed by atoms with Crippen molar-refractivity contribution in [3.8, 4) is 0 Å². The number of thiophene rings is 1. The molecule has 0 saturated heterocycles. The van der Waals surface area contributed by atoms with Gasteiger partial charge < -0.3 is 20.2 Å². The van der Waals surface area contributed by atoms with Crippen LogP contribution in [0.25, 0.3) is 10.2 Å². The number of fused-ring (bicyclic) bond motifs is 1. The predicted molar refractivity (Wildman–Crippen MR) is 99.1 cm³/mol. The summed E-state index contributed by atoms with van der Waals surface area (Å²) in [6, 6.07) is 10.0. The first-order chi connectivity index (χ1) is 13.0. The van der Waals surface area contributed by atoms with Gasteiger partial charge in [0.05, 0.1) is 5.52 Å². The van der Waals surface area contributed by atoms with Crippen LogP contribution in [0.5, 0.6) is 0 Å². The monoisotopic (exact) mass is 387 g/mol. The van der Waals surface area contributed by atoms with E-state index in [0.717, 1.165) is 5.56 Å². The third kappa shape index (κ3) is 4.91. The summed E-state index contributed by atoms with van der Waals surface area (Å²) < 4.78 is 10.8. The number of nitrogens with two attached hydrogens (primary N) is 1. The Morgan fingerprint density at radius 1 is 1.26 bits per heavy atom. The molecule has 1 aromatic carbocycles. The summed E-state index contributed by atoms with van der Waals surface area (Å²) in [5, 5.41) is 4.30. The molecule has 0 spiro atoms. The lowest BCUT2D eigenvalue weighted by molar-refractivity contribution is -0.118. The molecule has 0 radical (unpaired) electrons. The van der Waals surface area contributed by atoms with Crippen molar-refractivity contribution in [2.45, 2.75) is 25.5 Å². The molecular formula is C18H17N3O5S. The van der Waals surface area contributed by atoms with Crippen LogP contribution in [0.4, 0.5) is 4.79 Å². The zero-order valence-corrected chi connectivity index (χ0v) is 15.0. The van der Waals surface area contributed by atoms with Gasteiger partial charge in [-0.05, 0) is 23.4 Å². The van der Waals surface area contributed by atoms with Gasteiger partial charge in [-0.1, -0.05) is 30.3 Å². The van der Waals surface area contributed by atoms with Crippen LogP contribution in [0.15, 0.2) is 51.0 Å². The first-order valence-corrected chi connectivity index (χ1v) is 9.04. The van der Waals surface area contributed by atoms with E-state index in [1.165, 1.54) is 11.3 Å². The van der Waals surface area contributed by atoms with Gasteiger partial charge in [0, 0.05) is 6.42 Å². The zero-order valence-electron chi connectivity index (χ0n) is 14.2. The summed E-state index contributed by atoms with van der Waals surface area (Å²) in [4.78, 5) is 39.6. The number of nitrogens with one attached hydrogen (secondary N) is 1. The normalized spacial score (nSPS) is 11.9. The minimum Gasteiger partial charge on any atom is -0.445 e. The highest BCUT2D eigenvalue weighted by molar-refractivity contribution is 7.17. The standard InChI is InChI=1S/C18H17N3O5S/c19-14(22)7-6-13(16-20-12-8-9-27-15(12)17(23)26-16)21-18(24)25-10-11-4-2-1-3-5-11/h1-5,8-9,13H,6-7,10H2,(H2,19,22)(H,21,24)/t13-/m0/s1. The first kappa shape index (κ1) is 18.6. The van der Waals surface area contributed by atoms with Crippen LogP contribution in [0.2, 0.25) is 0 Å². The maximum Gasteiger partial charge on any atom is 0.408 e. The molecule has 2 aromatic heterocycles. The Morgan fingerprint density at radius 2 is 2.04 bits per heavy atom. The van der Waals surface area contributed by atoms with Gasteiger partial charge >= 0.3 is 11.7 Å². The molecule has 0 bridgehead atoms. The number of nitrogens with zero attached hydrogens (tertiary/aromatic N) is 1. The molecule has 3 N–H and O–H groups in total. The molecule has 8 nitrogen and oxygen atoms in total. The third-order valence-electron chi connectivity index (χ3n) is 3.74. The number of carbonyl (C=O) groups excluding carboxylic acids is 2. The van der Waals surface area contributed by atoms with Gasteiger partial charge in [0.25, 0.3) is 0 Å². The number of amides is 2. The summed E-state index contributed by atoms with van der Waals surface area (Å²) >= 11 is 1.22. The lowest BCUT2D eigenvalue weighted by Gasteiger charge is -2.16. The largest absolute Gasteiger partial charge is 0.445 e. The van der Waals surface area contributed by atoms with Gasteiger partial charge in [0.2, 0.25) is 11.8 Å². The van der Waals surface area contributed by atoms with Gasteiger partial charge in [-0.3, -0.25) is 4.79 Å². The molecule has 0 fully saturated rings. The molecule has 3 aromatic rings. The average molecular weight is 387 g/mol. The van der Waals surface area contributed by atoms with Gasteiger partial charge in [-0.15, -0.1) is 11.3 Å². The number of hydrogen-bond acceptors (Lipinski definition) is 7. The summed E-state index contributed by atoms with van der Waals surface area (Å²) in [6.45, 7) is 0.0795.